The molecule has 1 N–H and O–H groups in total. The average molecular weight is 431 g/mol. The summed E-state index contributed by atoms with van der Waals surface area (Å²) in [6.07, 6.45) is 3.13. The van der Waals surface area contributed by atoms with Crippen LogP contribution in [0.2, 0.25) is 0 Å². The minimum Gasteiger partial charge on any atom is -0.497 e. The molecular formula is C25H22FN3O3. The lowest BCUT2D eigenvalue weighted by Gasteiger charge is -2.35. The molecule has 0 bridgehead atoms. The van der Waals surface area contributed by atoms with E-state index in [2.05, 4.69) is 10.3 Å². The fourth-order valence-corrected chi connectivity index (χ4v) is 5.24. The lowest BCUT2D eigenvalue weighted by molar-refractivity contribution is -0.126. The van der Waals surface area contributed by atoms with Gasteiger partial charge in [-0.15, -0.1) is 0 Å². The maximum Gasteiger partial charge on any atom is 0.250 e. The zero-order chi connectivity index (χ0) is 22.5. The van der Waals surface area contributed by atoms with Gasteiger partial charge < -0.3 is 10.1 Å². The van der Waals surface area contributed by atoms with Crippen molar-refractivity contribution in [1.82, 2.24) is 9.88 Å². The molecule has 162 valence electrons. The van der Waals surface area contributed by atoms with E-state index in [0.29, 0.717) is 29.1 Å². The molecule has 1 spiro atoms. The Bertz CT molecular complexity index is 1200. The molecule has 0 unspecified atom stereocenters. The van der Waals surface area contributed by atoms with Crippen LogP contribution in [-0.4, -0.2) is 42.3 Å². The predicted octanol–water partition coefficient (Wildman–Crippen LogP) is 3.61. The zero-order valence-electron chi connectivity index (χ0n) is 17.7. The number of nitrogens with zero attached hydrogens (tertiary/aromatic N) is 2. The van der Waals surface area contributed by atoms with Crippen LogP contribution in [0, 0.1) is 11.7 Å². The smallest absolute Gasteiger partial charge is 0.250 e. The maximum atomic E-state index is 14.0. The Hall–Kier alpha value is -3.58. The normalized spacial score (nSPS) is 24.4. The molecule has 3 heterocycles. The zero-order valence-corrected chi connectivity index (χ0v) is 17.7. The van der Waals surface area contributed by atoms with Gasteiger partial charge in [-0.1, -0.05) is 12.1 Å². The Labute approximate surface area is 185 Å². The van der Waals surface area contributed by atoms with Crippen LogP contribution in [0.3, 0.4) is 0 Å². The number of amides is 1. The van der Waals surface area contributed by atoms with E-state index in [4.69, 9.17) is 4.74 Å². The lowest BCUT2D eigenvalue weighted by atomic mass is 9.70. The molecule has 0 aliphatic carbocycles. The van der Waals surface area contributed by atoms with Crippen molar-refractivity contribution < 1.29 is 18.7 Å². The van der Waals surface area contributed by atoms with Crippen LogP contribution in [0.1, 0.15) is 27.4 Å². The average Bonchev–Trinajstić information content (AvgIpc) is 3.29. The number of Topliss-reactive ketones (excluding diaryl/α,β-unsaturated/α-hetero) is 1. The highest BCUT2D eigenvalue weighted by molar-refractivity contribution is 6.12. The van der Waals surface area contributed by atoms with Crippen molar-refractivity contribution in [3.63, 3.8) is 0 Å². The molecule has 1 aromatic heterocycles. The molecule has 0 radical (unpaired) electrons. The number of aromatic nitrogens is 1. The summed E-state index contributed by atoms with van der Waals surface area (Å²) in [7, 11) is 3.41. The second kappa shape index (κ2) is 7.53. The summed E-state index contributed by atoms with van der Waals surface area (Å²) >= 11 is 0. The fraction of sp³-hybridized carbons (Fsp3) is 0.240. The van der Waals surface area contributed by atoms with Gasteiger partial charge in [-0.2, -0.15) is 0 Å². The van der Waals surface area contributed by atoms with Crippen LogP contribution in [0.4, 0.5) is 10.1 Å². The number of carbonyl (C=O) groups is 2. The SMILES string of the molecule is COc1ccc2c(c1)[C@@]1(C(=O)N2)[C@H](C(=O)c2cccnc2)[C@@H](c2ccc(F)cc2)CN1C. The number of carbonyl (C=O) groups excluding carboxylic acids is 2. The Balaban J connectivity index is 1.74. The number of benzene rings is 2. The van der Waals surface area contributed by atoms with Gasteiger partial charge in [0.15, 0.2) is 5.78 Å². The molecular weight excluding hydrogens is 409 g/mol. The highest BCUT2D eigenvalue weighted by atomic mass is 19.1. The van der Waals surface area contributed by atoms with Gasteiger partial charge in [0, 0.05) is 41.7 Å². The number of halogens is 1. The first-order valence-corrected chi connectivity index (χ1v) is 10.4. The fourth-order valence-electron chi connectivity index (χ4n) is 5.24. The minimum atomic E-state index is -1.23. The molecule has 3 aromatic rings. The number of hydrogen-bond donors (Lipinski definition) is 1. The Morgan fingerprint density at radius 2 is 2.00 bits per heavy atom. The van der Waals surface area contributed by atoms with Crippen LogP contribution in [0.5, 0.6) is 5.75 Å². The number of likely N-dealkylation sites (tertiary alicyclic amines) is 1. The molecule has 5 rings (SSSR count). The molecule has 2 aliphatic rings. The van der Waals surface area contributed by atoms with Crippen LogP contribution in [-0.2, 0) is 10.3 Å². The second-order valence-corrected chi connectivity index (χ2v) is 8.25. The number of likely N-dealkylation sites (N-methyl/N-ethyl adjacent to an activating group) is 1. The Morgan fingerprint density at radius 1 is 1.22 bits per heavy atom. The quantitative estimate of drug-likeness (QED) is 0.639. The minimum absolute atomic E-state index is 0.178. The van der Waals surface area contributed by atoms with Gasteiger partial charge in [0.1, 0.15) is 17.1 Å². The van der Waals surface area contributed by atoms with Crippen molar-refractivity contribution in [2.75, 3.05) is 26.0 Å². The van der Waals surface area contributed by atoms with Crippen molar-refractivity contribution >= 4 is 17.4 Å². The number of ketones is 1. The summed E-state index contributed by atoms with van der Waals surface area (Å²) in [6.45, 7) is 0.451. The Morgan fingerprint density at radius 3 is 2.69 bits per heavy atom. The van der Waals surface area contributed by atoms with Crippen molar-refractivity contribution in [2.24, 2.45) is 5.92 Å². The van der Waals surface area contributed by atoms with Crippen LogP contribution in [0.15, 0.2) is 67.0 Å². The van der Waals surface area contributed by atoms with E-state index < -0.39 is 11.5 Å². The first-order chi connectivity index (χ1) is 15.5. The molecule has 1 fully saturated rings. The molecule has 3 atom stereocenters. The van der Waals surface area contributed by atoms with Gasteiger partial charge in [-0.3, -0.25) is 19.5 Å². The first-order valence-electron chi connectivity index (χ1n) is 10.4. The predicted molar refractivity (Wildman–Crippen MR) is 117 cm³/mol. The van der Waals surface area contributed by atoms with Gasteiger partial charge in [0.05, 0.1) is 13.0 Å². The number of nitrogens with one attached hydrogen (secondary N) is 1. The lowest BCUT2D eigenvalue weighted by Crippen LogP contribution is -2.51. The number of pyridine rings is 1. The topological polar surface area (TPSA) is 71.5 Å². The standard InChI is InChI=1S/C25H22FN3O3/c1-29-14-19(15-5-7-17(26)8-6-15)22(23(30)16-4-3-11-27-13-16)25(29)20-12-18(32-2)9-10-21(20)28-24(25)31/h3-13,19,22H,14H2,1-2H3,(H,28,31)/t19-,22+,25+/m1/s1. The number of hydrogen-bond acceptors (Lipinski definition) is 5. The summed E-state index contributed by atoms with van der Waals surface area (Å²) in [5.74, 6) is -1.24. The summed E-state index contributed by atoms with van der Waals surface area (Å²) in [4.78, 5) is 33.6. The summed E-state index contributed by atoms with van der Waals surface area (Å²) in [5.41, 5.74) is 1.38. The largest absolute Gasteiger partial charge is 0.497 e. The molecule has 1 amide bonds. The number of fused-ring (bicyclic) bond motifs is 2. The van der Waals surface area contributed by atoms with Gasteiger partial charge >= 0.3 is 0 Å². The molecule has 6 nitrogen and oxygen atoms in total. The molecule has 1 saturated heterocycles. The number of rotatable bonds is 4. The first kappa shape index (κ1) is 20.3. The molecule has 0 saturated carbocycles. The number of anilines is 1. The summed E-state index contributed by atoms with van der Waals surface area (Å²) in [5, 5.41) is 2.97. The summed E-state index contributed by atoms with van der Waals surface area (Å²) < 4.78 is 19.1. The van der Waals surface area contributed by atoms with E-state index in [1.807, 2.05) is 18.0 Å². The monoisotopic (exact) mass is 431 g/mol. The molecule has 7 heteroatoms. The van der Waals surface area contributed by atoms with Gasteiger partial charge in [0.25, 0.3) is 0 Å². The molecule has 32 heavy (non-hydrogen) atoms. The van der Waals surface area contributed by atoms with Crippen molar-refractivity contribution in [2.45, 2.75) is 11.5 Å². The highest BCUT2D eigenvalue weighted by Crippen LogP contribution is 2.56. The number of methoxy groups -OCH3 is 1. The molecule has 2 aliphatic heterocycles. The molecule has 2 aromatic carbocycles. The van der Waals surface area contributed by atoms with Crippen molar-refractivity contribution in [1.29, 1.82) is 0 Å². The third-order valence-electron chi connectivity index (χ3n) is 6.68. The maximum absolute atomic E-state index is 14.0. The van der Waals surface area contributed by atoms with Crippen LogP contribution < -0.4 is 10.1 Å². The van der Waals surface area contributed by atoms with Crippen LogP contribution in [0.25, 0.3) is 0 Å². The van der Waals surface area contributed by atoms with Crippen molar-refractivity contribution in [3.8, 4) is 5.75 Å². The van der Waals surface area contributed by atoms with E-state index in [-0.39, 0.29) is 23.4 Å². The Kier molecular flexibility index (Phi) is 4.78. The second-order valence-electron chi connectivity index (χ2n) is 8.25. The van der Waals surface area contributed by atoms with Crippen LogP contribution >= 0.6 is 0 Å². The van der Waals surface area contributed by atoms with Gasteiger partial charge in [-0.05, 0) is 55.1 Å². The van der Waals surface area contributed by atoms with E-state index in [1.54, 1.807) is 49.7 Å². The van der Waals surface area contributed by atoms with Gasteiger partial charge in [-0.25, -0.2) is 4.39 Å². The van der Waals surface area contributed by atoms with E-state index in [0.717, 1.165) is 5.56 Å². The van der Waals surface area contributed by atoms with E-state index in [1.165, 1.54) is 18.3 Å². The number of ether oxygens (including phenoxy) is 1. The highest BCUT2D eigenvalue weighted by Gasteiger charge is 2.64. The van der Waals surface area contributed by atoms with Crippen molar-refractivity contribution in [3.05, 3.63) is 89.5 Å². The third kappa shape index (κ3) is 2.85. The van der Waals surface area contributed by atoms with E-state index >= 15 is 0 Å². The summed E-state index contributed by atoms with van der Waals surface area (Å²) in [6, 6.07) is 15.0. The van der Waals surface area contributed by atoms with Gasteiger partial charge in [0.2, 0.25) is 5.91 Å². The third-order valence-corrected chi connectivity index (χ3v) is 6.68. The van der Waals surface area contributed by atoms with E-state index in [9.17, 15) is 14.0 Å².